The van der Waals surface area contributed by atoms with Gasteiger partial charge in [0.15, 0.2) is 11.8 Å². The number of hydrogen-bond acceptors (Lipinski definition) is 5. The predicted octanol–water partition coefficient (Wildman–Crippen LogP) is 2.93. The summed E-state index contributed by atoms with van der Waals surface area (Å²) in [6.45, 7) is 8.27. The zero-order valence-corrected chi connectivity index (χ0v) is 21.7. The normalized spacial score (nSPS) is 21.3. The maximum atomic E-state index is 5.78. The molecule has 176 valence electrons. The Labute approximate surface area is 208 Å². The number of aromatic nitrogens is 3. The van der Waals surface area contributed by atoms with Crippen LogP contribution in [-0.2, 0) is 18.3 Å². The zero-order valence-electron chi connectivity index (χ0n) is 19.4. The molecule has 2 aliphatic rings. The van der Waals surface area contributed by atoms with E-state index in [9.17, 15) is 0 Å². The number of guanidine groups is 1. The Kier molecular flexibility index (Phi) is 9.15. The molecule has 0 aliphatic carbocycles. The molecule has 2 unspecified atom stereocenters. The molecule has 0 spiro atoms. The first-order chi connectivity index (χ1) is 15.1. The molecule has 2 atom stereocenters. The largest absolute Gasteiger partial charge is 0.376 e. The van der Waals surface area contributed by atoms with Gasteiger partial charge in [0.25, 0.3) is 0 Å². The van der Waals surface area contributed by atoms with Crippen molar-refractivity contribution in [3.8, 4) is 0 Å². The number of piperidine rings is 1. The van der Waals surface area contributed by atoms with E-state index in [4.69, 9.17) is 9.73 Å². The number of rotatable bonds is 6. The van der Waals surface area contributed by atoms with Crippen LogP contribution >= 0.6 is 24.0 Å². The highest BCUT2D eigenvalue weighted by molar-refractivity contribution is 14.0. The molecule has 2 aromatic rings. The number of aryl methyl sites for hydroxylation is 2. The molecule has 0 saturated carbocycles. The minimum absolute atomic E-state index is 0. The molecule has 2 N–H and O–H groups in total. The maximum Gasteiger partial charge on any atom is 0.192 e. The summed E-state index contributed by atoms with van der Waals surface area (Å²) in [4.78, 5) is 7.29. The first-order valence-electron chi connectivity index (χ1n) is 11.4. The smallest absolute Gasteiger partial charge is 0.192 e. The van der Waals surface area contributed by atoms with E-state index in [0.29, 0.717) is 12.6 Å². The van der Waals surface area contributed by atoms with E-state index in [1.807, 2.05) is 18.5 Å². The van der Waals surface area contributed by atoms with Gasteiger partial charge in [-0.2, -0.15) is 0 Å². The summed E-state index contributed by atoms with van der Waals surface area (Å²) in [7, 11) is 1.98. The van der Waals surface area contributed by atoms with Gasteiger partial charge >= 0.3 is 0 Å². The van der Waals surface area contributed by atoms with Crippen molar-refractivity contribution in [2.45, 2.75) is 58.2 Å². The van der Waals surface area contributed by atoms with Gasteiger partial charge in [-0.05, 0) is 51.7 Å². The molecule has 2 saturated heterocycles. The van der Waals surface area contributed by atoms with E-state index in [-0.39, 0.29) is 30.1 Å². The van der Waals surface area contributed by atoms with Crippen LogP contribution in [0.5, 0.6) is 0 Å². The first kappa shape index (κ1) is 24.8. The lowest BCUT2D eigenvalue weighted by Gasteiger charge is -2.35. The molecular weight excluding hydrogens is 517 g/mol. The van der Waals surface area contributed by atoms with Crippen molar-refractivity contribution in [2.24, 2.45) is 12.0 Å². The van der Waals surface area contributed by atoms with Crippen molar-refractivity contribution in [1.82, 2.24) is 25.4 Å². The van der Waals surface area contributed by atoms with Gasteiger partial charge in [-0.15, -0.1) is 34.2 Å². The number of halogens is 1. The lowest BCUT2D eigenvalue weighted by Crippen LogP contribution is -2.52. The lowest BCUT2D eigenvalue weighted by molar-refractivity contribution is 0.113. The van der Waals surface area contributed by atoms with Crippen LogP contribution in [0.25, 0.3) is 0 Å². The van der Waals surface area contributed by atoms with Crippen molar-refractivity contribution in [2.75, 3.05) is 31.1 Å². The van der Waals surface area contributed by atoms with Crippen LogP contribution in [0.15, 0.2) is 29.3 Å². The number of benzene rings is 1. The Morgan fingerprint density at radius 3 is 2.66 bits per heavy atom. The fourth-order valence-corrected chi connectivity index (χ4v) is 4.19. The maximum absolute atomic E-state index is 5.78. The molecule has 3 heterocycles. The number of ether oxygens (including phenoxy) is 1. The molecule has 0 bridgehead atoms. The van der Waals surface area contributed by atoms with Crippen LogP contribution in [0.1, 0.15) is 42.9 Å². The molecule has 1 aromatic carbocycles. The van der Waals surface area contributed by atoms with Gasteiger partial charge < -0.3 is 24.8 Å². The van der Waals surface area contributed by atoms with Crippen molar-refractivity contribution in [3.05, 3.63) is 41.5 Å². The number of hydrogen-bond donors (Lipinski definition) is 2. The molecule has 2 aliphatic heterocycles. The van der Waals surface area contributed by atoms with E-state index < -0.39 is 0 Å². The first-order valence-corrected chi connectivity index (χ1v) is 11.4. The predicted molar refractivity (Wildman–Crippen MR) is 139 cm³/mol. The molecular formula is C23H36IN7O. The summed E-state index contributed by atoms with van der Waals surface area (Å²) in [5.41, 5.74) is 2.58. The Morgan fingerprint density at radius 1 is 1.16 bits per heavy atom. The van der Waals surface area contributed by atoms with Gasteiger partial charge in [0.1, 0.15) is 12.4 Å². The summed E-state index contributed by atoms with van der Waals surface area (Å²) in [5.74, 6) is 2.58. The molecule has 2 fully saturated rings. The quantitative estimate of drug-likeness (QED) is 0.326. The summed E-state index contributed by atoms with van der Waals surface area (Å²) < 4.78 is 7.77. The van der Waals surface area contributed by atoms with Crippen LogP contribution in [0.3, 0.4) is 0 Å². The highest BCUT2D eigenvalue weighted by atomic mass is 127. The van der Waals surface area contributed by atoms with Crippen LogP contribution in [-0.4, -0.2) is 59.1 Å². The molecule has 32 heavy (non-hydrogen) atoms. The summed E-state index contributed by atoms with van der Waals surface area (Å²) in [5, 5.41) is 15.6. The topological polar surface area (TPSA) is 79.6 Å². The van der Waals surface area contributed by atoms with Gasteiger partial charge in [-0.25, -0.2) is 4.99 Å². The average Bonchev–Trinajstić information content (AvgIpc) is 3.41. The second-order valence-electron chi connectivity index (χ2n) is 8.67. The second-order valence-corrected chi connectivity index (χ2v) is 8.67. The fourth-order valence-electron chi connectivity index (χ4n) is 4.19. The molecule has 9 heteroatoms. The molecule has 0 amide bonds. The molecule has 1 aromatic heterocycles. The Bertz CT molecular complexity index is 877. The minimum Gasteiger partial charge on any atom is -0.376 e. The number of nitrogens with zero attached hydrogens (tertiary/aromatic N) is 5. The van der Waals surface area contributed by atoms with Crippen LogP contribution < -0.4 is 15.5 Å². The number of anilines is 1. The third kappa shape index (κ3) is 6.57. The molecule has 0 radical (unpaired) electrons. The van der Waals surface area contributed by atoms with Crippen molar-refractivity contribution in [1.29, 1.82) is 0 Å². The minimum atomic E-state index is 0. The SMILES string of the molecule is Cc1ccc(N2CCCC(NC(=NCc3nnc(C)n3C)NCC3CCCO3)C2)cc1.I. The Morgan fingerprint density at radius 2 is 1.97 bits per heavy atom. The summed E-state index contributed by atoms with van der Waals surface area (Å²) >= 11 is 0. The average molecular weight is 553 g/mol. The Balaban J connectivity index is 0.00000289. The van der Waals surface area contributed by atoms with E-state index in [2.05, 4.69) is 56.9 Å². The van der Waals surface area contributed by atoms with Gasteiger partial charge in [-0.1, -0.05) is 17.7 Å². The van der Waals surface area contributed by atoms with Crippen molar-refractivity contribution < 1.29 is 4.74 Å². The summed E-state index contributed by atoms with van der Waals surface area (Å²) in [6, 6.07) is 9.15. The van der Waals surface area contributed by atoms with Crippen molar-refractivity contribution >= 4 is 35.6 Å². The van der Waals surface area contributed by atoms with Crippen LogP contribution in [0.4, 0.5) is 5.69 Å². The van der Waals surface area contributed by atoms with Gasteiger partial charge in [-0.3, -0.25) is 0 Å². The van der Waals surface area contributed by atoms with Gasteiger partial charge in [0, 0.05) is 45.0 Å². The van der Waals surface area contributed by atoms with Gasteiger partial charge in [0.05, 0.1) is 6.10 Å². The standard InChI is InChI=1S/C23H35N7O.HI/c1-17-8-10-20(11-9-17)30-12-4-6-19(16-30)26-23(24-14-21-7-5-13-31-21)25-15-22-28-27-18(2)29(22)3;/h8-11,19,21H,4-7,12-16H2,1-3H3,(H2,24,25,26);1H. The van der Waals surface area contributed by atoms with Crippen LogP contribution in [0.2, 0.25) is 0 Å². The molecule has 4 rings (SSSR count). The van der Waals surface area contributed by atoms with E-state index in [0.717, 1.165) is 69.5 Å². The zero-order chi connectivity index (χ0) is 21.6. The van der Waals surface area contributed by atoms with Gasteiger partial charge in [0.2, 0.25) is 0 Å². The Hall–Kier alpha value is -1.88. The second kappa shape index (κ2) is 11.8. The lowest BCUT2D eigenvalue weighted by atomic mass is 10.0. The monoisotopic (exact) mass is 553 g/mol. The van der Waals surface area contributed by atoms with E-state index >= 15 is 0 Å². The number of aliphatic imine (C=N–C) groups is 1. The van der Waals surface area contributed by atoms with Crippen molar-refractivity contribution in [3.63, 3.8) is 0 Å². The van der Waals surface area contributed by atoms with E-state index in [1.165, 1.54) is 11.3 Å². The third-order valence-electron chi connectivity index (χ3n) is 6.24. The highest BCUT2D eigenvalue weighted by Crippen LogP contribution is 2.20. The molecule has 8 nitrogen and oxygen atoms in total. The fraction of sp³-hybridized carbons (Fsp3) is 0.609. The van der Waals surface area contributed by atoms with E-state index in [1.54, 1.807) is 0 Å². The summed E-state index contributed by atoms with van der Waals surface area (Å²) in [6.07, 6.45) is 4.80. The highest BCUT2D eigenvalue weighted by Gasteiger charge is 2.22. The third-order valence-corrected chi connectivity index (χ3v) is 6.24. The van der Waals surface area contributed by atoms with Crippen LogP contribution in [0, 0.1) is 13.8 Å². The number of nitrogens with one attached hydrogen (secondary N) is 2.